The van der Waals surface area contributed by atoms with Crippen molar-refractivity contribution >= 4 is 39.1 Å². The van der Waals surface area contributed by atoms with Gasteiger partial charge in [-0.15, -0.1) is 11.8 Å². The van der Waals surface area contributed by atoms with E-state index in [2.05, 4.69) is 4.72 Å². The highest BCUT2D eigenvalue weighted by atomic mass is 35.5. The van der Waals surface area contributed by atoms with Crippen molar-refractivity contribution in [2.24, 2.45) is 0 Å². The highest BCUT2D eigenvalue weighted by molar-refractivity contribution is 7.99. The van der Waals surface area contributed by atoms with Gasteiger partial charge in [-0.1, -0.05) is 11.6 Å². The molecule has 1 N–H and O–H groups in total. The van der Waals surface area contributed by atoms with Crippen LogP contribution >= 0.6 is 23.4 Å². The molecule has 0 atom stereocenters. The zero-order valence-corrected chi connectivity index (χ0v) is 10.1. The van der Waals surface area contributed by atoms with Gasteiger partial charge in [0, 0.05) is 9.92 Å². The Hall–Kier alpha value is -0.390. The molecule has 0 radical (unpaired) electrons. The van der Waals surface area contributed by atoms with E-state index in [-0.39, 0.29) is 0 Å². The zero-order chi connectivity index (χ0) is 10.8. The molecule has 78 valence electrons. The molecular weight excluding hydrogens is 242 g/mol. The van der Waals surface area contributed by atoms with Crippen molar-refractivity contribution in [3.05, 3.63) is 23.2 Å². The third-order valence-electron chi connectivity index (χ3n) is 1.46. The quantitative estimate of drug-likeness (QED) is 0.840. The monoisotopic (exact) mass is 251 g/mol. The van der Waals surface area contributed by atoms with Gasteiger partial charge in [0.15, 0.2) is 0 Å². The van der Waals surface area contributed by atoms with E-state index in [0.29, 0.717) is 10.7 Å². The van der Waals surface area contributed by atoms with E-state index >= 15 is 0 Å². The molecule has 0 spiro atoms. The topological polar surface area (TPSA) is 46.2 Å². The molecule has 0 unspecified atom stereocenters. The number of halogens is 1. The van der Waals surface area contributed by atoms with Crippen molar-refractivity contribution in [1.82, 2.24) is 0 Å². The fourth-order valence-electron chi connectivity index (χ4n) is 0.960. The van der Waals surface area contributed by atoms with Crippen LogP contribution in [0, 0.1) is 0 Å². The van der Waals surface area contributed by atoms with Gasteiger partial charge in [0.05, 0.1) is 11.9 Å². The summed E-state index contributed by atoms with van der Waals surface area (Å²) in [5.74, 6) is 0. The number of anilines is 1. The number of benzene rings is 1. The fourth-order valence-corrected chi connectivity index (χ4v) is 2.30. The first-order valence-corrected chi connectivity index (χ1v) is 7.23. The summed E-state index contributed by atoms with van der Waals surface area (Å²) in [5, 5.41) is 0.508. The number of nitrogens with one attached hydrogen (secondary N) is 1. The molecule has 3 nitrogen and oxygen atoms in total. The molecular formula is C8H10ClNO2S2. The Kier molecular flexibility index (Phi) is 3.69. The van der Waals surface area contributed by atoms with Gasteiger partial charge in [0.2, 0.25) is 10.0 Å². The van der Waals surface area contributed by atoms with Crippen molar-refractivity contribution in [3.8, 4) is 0 Å². The second-order valence-corrected chi connectivity index (χ2v) is 5.75. The van der Waals surface area contributed by atoms with Crippen LogP contribution in [0.25, 0.3) is 0 Å². The van der Waals surface area contributed by atoms with Crippen molar-refractivity contribution in [2.75, 3.05) is 17.2 Å². The first-order valence-electron chi connectivity index (χ1n) is 3.74. The van der Waals surface area contributed by atoms with Gasteiger partial charge in [-0.25, -0.2) is 8.42 Å². The van der Waals surface area contributed by atoms with Crippen molar-refractivity contribution in [1.29, 1.82) is 0 Å². The summed E-state index contributed by atoms with van der Waals surface area (Å²) in [6, 6.07) is 5.09. The lowest BCUT2D eigenvalue weighted by Gasteiger charge is -2.08. The van der Waals surface area contributed by atoms with Crippen molar-refractivity contribution in [2.45, 2.75) is 4.90 Å². The molecule has 0 aliphatic carbocycles. The molecule has 1 aromatic carbocycles. The second-order valence-electron chi connectivity index (χ2n) is 2.72. The van der Waals surface area contributed by atoms with Gasteiger partial charge in [-0.05, 0) is 24.5 Å². The van der Waals surface area contributed by atoms with Gasteiger partial charge in [0.1, 0.15) is 0 Å². The van der Waals surface area contributed by atoms with Crippen LogP contribution in [0.15, 0.2) is 23.1 Å². The second kappa shape index (κ2) is 4.42. The molecule has 0 bridgehead atoms. The fraction of sp³-hybridized carbons (Fsp3) is 0.250. The summed E-state index contributed by atoms with van der Waals surface area (Å²) in [7, 11) is -3.25. The number of rotatable bonds is 3. The van der Waals surface area contributed by atoms with Crippen LogP contribution < -0.4 is 4.72 Å². The molecule has 1 aromatic rings. The van der Waals surface area contributed by atoms with Crippen LogP contribution in [0.5, 0.6) is 0 Å². The van der Waals surface area contributed by atoms with Crippen molar-refractivity contribution < 1.29 is 8.42 Å². The molecule has 0 saturated heterocycles. The number of thioether (sulfide) groups is 1. The van der Waals surface area contributed by atoms with Crippen LogP contribution in [0.2, 0.25) is 5.02 Å². The molecule has 0 aromatic heterocycles. The highest BCUT2D eigenvalue weighted by Crippen LogP contribution is 2.28. The van der Waals surface area contributed by atoms with E-state index in [1.165, 1.54) is 11.8 Å². The van der Waals surface area contributed by atoms with Crippen LogP contribution in [-0.4, -0.2) is 20.9 Å². The van der Waals surface area contributed by atoms with E-state index in [9.17, 15) is 8.42 Å². The lowest BCUT2D eigenvalue weighted by Crippen LogP contribution is -2.10. The highest BCUT2D eigenvalue weighted by Gasteiger charge is 2.07. The van der Waals surface area contributed by atoms with Gasteiger partial charge >= 0.3 is 0 Å². The molecule has 14 heavy (non-hydrogen) atoms. The smallest absolute Gasteiger partial charge is 0.229 e. The Balaban J connectivity index is 3.11. The lowest BCUT2D eigenvalue weighted by atomic mass is 10.3. The Morgan fingerprint density at radius 3 is 2.57 bits per heavy atom. The molecule has 0 aliphatic rings. The molecule has 0 heterocycles. The normalized spacial score (nSPS) is 11.4. The maximum atomic E-state index is 11.0. The van der Waals surface area contributed by atoms with Crippen LogP contribution in [0.3, 0.4) is 0 Å². The first-order chi connectivity index (χ1) is 6.42. The summed E-state index contributed by atoms with van der Waals surface area (Å²) in [6.07, 6.45) is 2.98. The minimum Gasteiger partial charge on any atom is -0.283 e. The van der Waals surface area contributed by atoms with Gasteiger partial charge in [0.25, 0.3) is 0 Å². The number of hydrogen-bond acceptors (Lipinski definition) is 3. The van der Waals surface area contributed by atoms with Gasteiger partial charge in [-0.3, -0.25) is 4.72 Å². The average molecular weight is 252 g/mol. The van der Waals surface area contributed by atoms with Crippen LogP contribution in [0.1, 0.15) is 0 Å². The Morgan fingerprint density at radius 1 is 1.43 bits per heavy atom. The van der Waals surface area contributed by atoms with Gasteiger partial charge in [-0.2, -0.15) is 0 Å². The number of sulfonamides is 1. The third kappa shape index (κ3) is 3.40. The first kappa shape index (κ1) is 11.7. The standard InChI is InChI=1S/C8H10ClNO2S2/c1-13-8-4-3-6(9)5-7(8)10-14(2,11)12/h3-5,10H,1-2H3. The third-order valence-corrected chi connectivity index (χ3v) is 3.08. The van der Waals surface area contributed by atoms with Crippen LogP contribution in [-0.2, 0) is 10.0 Å². The molecule has 6 heteroatoms. The Labute approximate surface area is 92.9 Å². The molecule has 1 rings (SSSR count). The predicted octanol–water partition coefficient (Wildman–Crippen LogP) is 2.43. The summed E-state index contributed by atoms with van der Waals surface area (Å²) < 4.78 is 24.4. The average Bonchev–Trinajstić information content (AvgIpc) is 2.01. The summed E-state index contributed by atoms with van der Waals surface area (Å²) >= 11 is 7.22. The molecule has 0 fully saturated rings. The van der Waals surface area contributed by atoms with Crippen LogP contribution in [0.4, 0.5) is 5.69 Å². The predicted molar refractivity (Wildman–Crippen MR) is 61.7 cm³/mol. The number of hydrogen-bond donors (Lipinski definition) is 1. The minimum atomic E-state index is -3.25. The van der Waals surface area contributed by atoms with E-state index in [0.717, 1.165) is 11.2 Å². The molecule has 0 amide bonds. The molecule has 0 saturated carbocycles. The molecule has 0 aliphatic heterocycles. The lowest BCUT2D eigenvalue weighted by molar-refractivity contribution is 0.606. The Bertz CT molecular complexity index is 431. The summed E-state index contributed by atoms with van der Waals surface area (Å²) in [5.41, 5.74) is 0.521. The summed E-state index contributed by atoms with van der Waals surface area (Å²) in [6.45, 7) is 0. The van der Waals surface area contributed by atoms with Crippen molar-refractivity contribution in [3.63, 3.8) is 0 Å². The van der Waals surface area contributed by atoms with E-state index < -0.39 is 10.0 Å². The maximum absolute atomic E-state index is 11.0. The zero-order valence-electron chi connectivity index (χ0n) is 7.74. The van der Waals surface area contributed by atoms with E-state index in [4.69, 9.17) is 11.6 Å². The van der Waals surface area contributed by atoms with Gasteiger partial charge < -0.3 is 0 Å². The maximum Gasteiger partial charge on any atom is 0.229 e. The summed E-state index contributed by atoms with van der Waals surface area (Å²) in [4.78, 5) is 0.847. The SMILES string of the molecule is CSc1ccc(Cl)cc1NS(C)(=O)=O. The Morgan fingerprint density at radius 2 is 2.07 bits per heavy atom. The largest absolute Gasteiger partial charge is 0.283 e. The minimum absolute atomic E-state index is 0.508. The van der Waals surface area contributed by atoms with E-state index in [1.807, 2.05) is 6.26 Å². The van der Waals surface area contributed by atoms with E-state index in [1.54, 1.807) is 18.2 Å².